The van der Waals surface area contributed by atoms with Gasteiger partial charge in [0.05, 0.1) is 24.3 Å². The van der Waals surface area contributed by atoms with E-state index in [2.05, 4.69) is 39.4 Å². The smallest absolute Gasteiger partial charge is 0.191 e. The van der Waals surface area contributed by atoms with Gasteiger partial charge in [0.2, 0.25) is 0 Å². The lowest BCUT2D eigenvalue weighted by molar-refractivity contribution is -0.0284. The quantitative estimate of drug-likeness (QED) is 0.381. The Labute approximate surface area is 166 Å². The maximum absolute atomic E-state index is 5.86. The minimum atomic E-state index is 0. The molecular weight excluding hydrogens is 437 g/mol. The number of guanidine groups is 1. The fourth-order valence-corrected chi connectivity index (χ4v) is 3.41. The predicted octanol–water partition coefficient (Wildman–Crippen LogP) is 2.09. The fraction of sp³-hybridized carbons (Fsp3) is 0.750. The van der Waals surface area contributed by atoms with E-state index >= 15 is 0 Å². The third kappa shape index (κ3) is 7.62. The van der Waals surface area contributed by atoms with Crippen LogP contribution in [0.25, 0.3) is 0 Å². The minimum Gasteiger partial charge on any atom is -0.374 e. The number of morpholine rings is 1. The molecular formula is C16H30IN5OS. The molecule has 1 aliphatic rings. The Morgan fingerprint density at radius 1 is 1.50 bits per heavy atom. The Morgan fingerprint density at radius 2 is 2.29 bits per heavy atom. The highest BCUT2D eigenvalue weighted by Crippen LogP contribution is 2.10. The van der Waals surface area contributed by atoms with E-state index in [4.69, 9.17) is 4.74 Å². The van der Waals surface area contributed by atoms with Crippen molar-refractivity contribution in [3.05, 3.63) is 16.1 Å². The first kappa shape index (κ1) is 21.6. The lowest BCUT2D eigenvalue weighted by Gasteiger charge is -2.34. The number of hydrogen-bond acceptors (Lipinski definition) is 5. The number of ether oxygens (including phenoxy) is 1. The Kier molecular flexibility index (Phi) is 10.1. The lowest BCUT2D eigenvalue weighted by Crippen LogP contribution is -2.50. The lowest BCUT2D eigenvalue weighted by atomic mass is 10.2. The van der Waals surface area contributed by atoms with E-state index in [-0.39, 0.29) is 30.1 Å². The van der Waals surface area contributed by atoms with Gasteiger partial charge in [-0.2, -0.15) is 0 Å². The molecule has 0 bridgehead atoms. The fourth-order valence-electron chi connectivity index (χ4n) is 2.68. The van der Waals surface area contributed by atoms with Crippen LogP contribution in [-0.4, -0.2) is 61.8 Å². The Bertz CT molecular complexity index is 508. The molecule has 1 atom stereocenters. The van der Waals surface area contributed by atoms with E-state index < -0.39 is 0 Å². The number of aromatic nitrogens is 1. The molecule has 8 heteroatoms. The molecule has 6 nitrogen and oxygen atoms in total. The number of aryl methyl sites for hydroxylation is 1. The van der Waals surface area contributed by atoms with Crippen molar-refractivity contribution < 1.29 is 4.74 Å². The van der Waals surface area contributed by atoms with Crippen LogP contribution in [0.3, 0.4) is 0 Å². The van der Waals surface area contributed by atoms with Crippen molar-refractivity contribution in [1.29, 1.82) is 0 Å². The molecule has 1 aromatic rings. The molecule has 0 spiro atoms. The highest BCUT2D eigenvalue weighted by Gasteiger charge is 2.21. The van der Waals surface area contributed by atoms with Gasteiger partial charge in [0, 0.05) is 44.3 Å². The van der Waals surface area contributed by atoms with E-state index in [1.165, 1.54) is 4.88 Å². The zero-order valence-electron chi connectivity index (χ0n) is 15.0. The molecule has 138 valence electrons. The van der Waals surface area contributed by atoms with Crippen molar-refractivity contribution in [1.82, 2.24) is 20.5 Å². The van der Waals surface area contributed by atoms with Gasteiger partial charge in [-0.05, 0) is 12.8 Å². The van der Waals surface area contributed by atoms with Crippen LogP contribution < -0.4 is 10.6 Å². The van der Waals surface area contributed by atoms with E-state index in [9.17, 15) is 0 Å². The molecule has 0 aliphatic carbocycles. The second kappa shape index (κ2) is 11.2. The summed E-state index contributed by atoms with van der Waals surface area (Å²) >= 11 is 1.70. The largest absolute Gasteiger partial charge is 0.374 e. The summed E-state index contributed by atoms with van der Waals surface area (Å²) in [6.45, 7) is 12.0. The van der Waals surface area contributed by atoms with Crippen molar-refractivity contribution in [3.63, 3.8) is 0 Å². The zero-order valence-corrected chi connectivity index (χ0v) is 18.2. The molecule has 1 aromatic heterocycles. The standard InChI is InChI=1S/C16H29N5OS.HI/c1-12(2)10-21-5-6-22-14(11-21)7-19-16(17-4)20-9-15-8-18-13(3)23-15;/h8,12,14H,5-7,9-11H2,1-4H3,(H2,17,19,20);1H. The second-order valence-electron chi connectivity index (χ2n) is 6.30. The van der Waals surface area contributed by atoms with Crippen LogP contribution in [0, 0.1) is 12.8 Å². The van der Waals surface area contributed by atoms with Crippen LogP contribution in [0.1, 0.15) is 23.7 Å². The molecule has 0 amide bonds. The highest BCUT2D eigenvalue weighted by molar-refractivity contribution is 14.0. The van der Waals surface area contributed by atoms with Crippen LogP contribution in [0.15, 0.2) is 11.2 Å². The van der Waals surface area contributed by atoms with Crippen molar-refractivity contribution in [2.24, 2.45) is 10.9 Å². The van der Waals surface area contributed by atoms with Gasteiger partial charge >= 0.3 is 0 Å². The second-order valence-corrected chi connectivity index (χ2v) is 7.62. The number of nitrogens with zero attached hydrogens (tertiary/aromatic N) is 3. The molecule has 2 heterocycles. The summed E-state index contributed by atoms with van der Waals surface area (Å²) in [7, 11) is 1.79. The maximum atomic E-state index is 5.86. The summed E-state index contributed by atoms with van der Waals surface area (Å²) in [6, 6.07) is 0. The first-order valence-corrected chi connectivity index (χ1v) is 9.08. The number of thiazole rings is 1. The SMILES string of the molecule is CN=C(NCc1cnc(C)s1)NCC1CN(CC(C)C)CCO1.I. The van der Waals surface area contributed by atoms with Crippen molar-refractivity contribution in [3.8, 4) is 0 Å². The first-order valence-electron chi connectivity index (χ1n) is 8.26. The summed E-state index contributed by atoms with van der Waals surface area (Å²) in [6.07, 6.45) is 2.13. The average molecular weight is 467 g/mol. The van der Waals surface area contributed by atoms with Gasteiger partial charge in [-0.15, -0.1) is 35.3 Å². The van der Waals surface area contributed by atoms with Crippen LogP contribution >= 0.6 is 35.3 Å². The van der Waals surface area contributed by atoms with Crippen LogP contribution in [0.5, 0.6) is 0 Å². The van der Waals surface area contributed by atoms with Crippen LogP contribution in [-0.2, 0) is 11.3 Å². The van der Waals surface area contributed by atoms with Crippen LogP contribution in [0.4, 0.5) is 0 Å². The summed E-state index contributed by atoms with van der Waals surface area (Å²) < 4.78 is 5.86. The van der Waals surface area contributed by atoms with Gasteiger partial charge in [-0.1, -0.05) is 13.8 Å². The summed E-state index contributed by atoms with van der Waals surface area (Å²) in [5.41, 5.74) is 0. The van der Waals surface area contributed by atoms with Crippen molar-refractivity contribution in [2.45, 2.75) is 33.4 Å². The number of nitrogens with one attached hydrogen (secondary N) is 2. The zero-order chi connectivity index (χ0) is 16.7. The van der Waals surface area contributed by atoms with E-state index in [1.807, 2.05) is 13.1 Å². The van der Waals surface area contributed by atoms with Crippen molar-refractivity contribution >= 4 is 41.3 Å². The molecule has 2 N–H and O–H groups in total. The number of halogens is 1. The maximum Gasteiger partial charge on any atom is 0.191 e. The van der Waals surface area contributed by atoms with E-state index in [1.54, 1.807) is 18.4 Å². The number of rotatable bonds is 6. The summed E-state index contributed by atoms with van der Waals surface area (Å²) in [5.74, 6) is 1.50. The molecule has 24 heavy (non-hydrogen) atoms. The molecule has 2 rings (SSSR count). The third-order valence-corrected chi connectivity index (χ3v) is 4.58. The Hall–Kier alpha value is -0.450. The topological polar surface area (TPSA) is 61.8 Å². The van der Waals surface area contributed by atoms with Gasteiger partial charge in [-0.3, -0.25) is 9.89 Å². The third-order valence-electron chi connectivity index (χ3n) is 3.67. The molecule has 1 aliphatic heterocycles. The first-order chi connectivity index (χ1) is 11.1. The van der Waals surface area contributed by atoms with E-state index in [0.29, 0.717) is 5.92 Å². The predicted molar refractivity (Wildman–Crippen MR) is 111 cm³/mol. The molecule has 1 fully saturated rings. The average Bonchev–Trinajstić information content (AvgIpc) is 2.93. The molecule has 0 aromatic carbocycles. The summed E-state index contributed by atoms with van der Waals surface area (Å²) in [4.78, 5) is 12.2. The van der Waals surface area contributed by atoms with Gasteiger partial charge in [-0.25, -0.2) is 4.98 Å². The molecule has 1 unspecified atom stereocenters. The Balaban J connectivity index is 0.00000288. The van der Waals surface area contributed by atoms with Gasteiger partial charge in [0.25, 0.3) is 0 Å². The van der Waals surface area contributed by atoms with Crippen molar-refractivity contribution in [2.75, 3.05) is 39.8 Å². The van der Waals surface area contributed by atoms with Gasteiger partial charge in [0.1, 0.15) is 0 Å². The number of hydrogen-bond donors (Lipinski definition) is 2. The van der Waals surface area contributed by atoms with Gasteiger partial charge in [0.15, 0.2) is 5.96 Å². The normalized spacial score (nSPS) is 19.2. The van der Waals surface area contributed by atoms with Gasteiger partial charge < -0.3 is 15.4 Å². The molecule has 0 saturated carbocycles. The summed E-state index contributed by atoms with van der Waals surface area (Å²) in [5, 5.41) is 7.77. The van der Waals surface area contributed by atoms with Crippen LogP contribution in [0.2, 0.25) is 0 Å². The number of aliphatic imine (C=N–C) groups is 1. The monoisotopic (exact) mass is 467 g/mol. The highest BCUT2D eigenvalue weighted by atomic mass is 127. The van der Waals surface area contributed by atoms with E-state index in [0.717, 1.165) is 50.3 Å². The molecule has 1 saturated heterocycles. The minimum absolute atomic E-state index is 0. The molecule has 0 radical (unpaired) electrons. The Morgan fingerprint density at radius 3 is 2.92 bits per heavy atom.